The van der Waals surface area contributed by atoms with E-state index in [0.29, 0.717) is 11.8 Å². The monoisotopic (exact) mass is 426 g/mol. The Balaban J connectivity index is 1.84. The Labute approximate surface area is 184 Å². The van der Waals surface area contributed by atoms with Gasteiger partial charge in [-0.05, 0) is 84.4 Å². The third-order valence-corrected chi connectivity index (χ3v) is 7.68. The van der Waals surface area contributed by atoms with Crippen LogP contribution in [0.4, 0.5) is 0 Å². The molecule has 1 unspecified atom stereocenters. The van der Waals surface area contributed by atoms with E-state index in [-0.39, 0.29) is 12.4 Å². The Hall–Kier alpha value is -1.75. The van der Waals surface area contributed by atoms with Gasteiger partial charge < -0.3 is 10.2 Å². The van der Waals surface area contributed by atoms with Crippen LogP contribution < -0.4 is 0 Å². The summed E-state index contributed by atoms with van der Waals surface area (Å²) in [6, 6.07) is 4.08. The molecular weight excluding hydrogens is 392 g/mol. The largest absolute Gasteiger partial charge is 0.394 e. The van der Waals surface area contributed by atoms with Crippen molar-refractivity contribution in [2.45, 2.75) is 72.8 Å². The predicted molar refractivity (Wildman–Crippen MR) is 126 cm³/mol. The van der Waals surface area contributed by atoms with Crippen molar-refractivity contribution in [1.29, 1.82) is 0 Å². The summed E-state index contributed by atoms with van der Waals surface area (Å²) in [5, 5.41) is 18.9. The normalized spacial score (nSPS) is 16.6. The number of thiophene rings is 1. The molecule has 0 amide bonds. The molecule has 3 nitrogen and oxygen atoms in total. The lowest BCUT2D eigenvalue weighted by Crippen LogP contribution is -2.22. The highest BCUT2D eigenvalue weighted by molar-refractivity contribution is 7.14. The smallest absolute Gasteiger partial charge is 0.196 e. The van der Waals surface area contributed by atoms with Gasteiger partial charge in [0.15, 0.2) is 5.78 Å². The number of fused-ring (bicyclic) bond motifs is 1. The minimum atomic E-state index is -0.742. The van der Waals surface area contributed by atoms with Gasteiger partial charge in [0.25, 0.3) is 0 Å². The summed E-state index contributed by atoms with van der Waals surface area (Å²) >= 11 is 1.69. The fourth-order valence-electron chi connectivity index (χ4n) is 4.53. The summed E-state index contributed by atoms with van der Waals surface area (Å²) in [6.45, 7) is 10.6. The lowest BCUT2D eigenvalue weighted by atomic mass is 9.74. The molecule has 2 aromatic rings. The van der Waals surface area contributed by atoms with Crippen molar-refractivity contribution in [3.05, 3.63) is 61.3 Å². The van der Waals surface area contributed by atoms with Gasteiger partial charge in [-0.25, -0.2) is 0 Å². The SMILES string of the molecule is CCc1sc(C(=O)C=Cc2cc(C)c(CC(O)CO)c(C)c2)c2c1CC(C)(C)CC2. The summed E-state index contributed by atoms with van der Waals surface area (Å²) in [7, 11) is 0. The average molecular weight is 427 g/mol. The molecule has 162 valence electrons. The molecule has 0 radical (unpaired) electrons. The van der Waals surface area contributed by atoms with E-state index >= 15 is 0 Å². The number of allylic oxidation sites excluding steroid dienone is 1. The van der Waals surface area contributed by atoms with E-state index in [1.165, 1.54) is 16.0 Å². The molecule has 1 heterocycles. The summed E-state index contributed by atoms with van der Waals surface area (Å²) in [4.78, 5) is 15.4. The van der Waals surface area contributed by atoms with Crippen LogP contribution >= 0.6 is 11.3 Å². The van der Waals surface area contributed by atoms with E-state index in [0.717, 1.165) is 52.8 Å². The third kappa shape index (κ3) is 4.93. The number of aliphatic hydroxyl groups excluding tert-OH is 2. The summed E-state index contributed by atoms with van der Waals surface area (Å²) in [5.41, 5.74) is 7.21. The molecule has 1 aromatic carbocycles. The standard InChI is InChI=1S/C26H34O3S/c1-6-24-22-14-26(4,5)10-9-20(22)25(30-24)23(29)8-7-18-11-16(2)21(17(3)12-18)13-19(28)15-27/h7-8,11-12,19,27-28H,6,9-10,13-15H2,1-5H3. The van der Waals surface area contributed by atoms with Gasteiger partial charge in [0.1, 0.15) is 0 Å². The molecule has 30 heavy (non-hydrogen) atoms. The molecule has 1 atom stereocenters. The van der Waals surface area contributed by atoms with Crippen molar-refractivity contribution in [3.8, 4) is 0 Å². The van der Waals surface area contributed by atoms with Gasteiger partial charge in [-0.15, -0.1) is 11.3 Å². The summed E-state index contributed by atoms with van der Waals surface area (Å²) in [5.74, 6) is 0.103. The quantitative estimate of drug-likeness (QED) is 0.471. The van der Waals surface area contributed by atoms with Gasteiger partial charge >= 0.3 is 0 Å². The van der Waals surface area contributed by atoms with E-state index in [1.54, 1.807) is 17.4 Å². The third-order valence-electron chi connectivity index (χ3n) is 6.25. The fraction of sp³-hybridized carbons (Fsp3) is 0.500. The molecule has 1 aliphatic rings. The second-order valence-electron chi connectivity index (χ2n) is 9.38. The van der Waals surface area contributed by atoms with Gasteiger partial charge in [-0.2, -0.15) is 0 Å². The zero-order valence-corrected chi connectivity index (χ0v) is 19.7. The topological polar surface area (TPSA) is 57.5 Å². The highest BCUT2D eigenvalue weighted by atomic mass is 32.1. The number of hydrogen-bond acceptors (Lipinski definition) is 4. The van der Waals surface area contributed by atoms with Crippen LogP contribution in [-0.4, -0.2) is 28.7 Å². The molecule has 1 aliphatic carbocycles. The number of hydrogen-bond donors (Lipinski definition) is 2. The molecular formula is C26H34O3S. The van der Waals surface area contributed by atoms with Crippen molar-refractivity contribution in [2.75, 3.05) is 6.61 Å². The highest BCUT2D eigenvalue weighted by Gasteiger charge is 2.31. The van der Waals surface area contributed by atoms with Crippen LogP contribution in [0.5, 0.6) is 0 Å². The van der Waals surface area contributed by atoms with Gasteiger partial charge in [0.2, 0.25) is 0 Å². The first-order chi connectivity index (χ1) is 14.1. The number of aliphatic hydroxyl groups is 2. The molecule has 4 heteroatoms. The van der Waals surface area contributed by atoms with E-state index in [4.69, 9.17) is 5.11 Å². The van der Waals surface area contributed by atoms with Crippen LogP contribution in [0.15, 0.2) is 18.2 Å². The van der Waals surface area contributed by atoms with Gasteiger partial charge in [-0.1, -0.05) is 39.0 Å². The molecule has 0 aliphatic heterocycles. The fourth-order valence-corrected chi connectivity index (χ4v) is 5.76. The summed E-state index contributed by atoms with van der Waals surface area (Å²) < 4.78 is 0. The average Bonchev–Trinajstić information content (AvgIpc) is 3.05. The van der Waals surface area contributed by atoms with Crippen molar-refractivity contribution in [3.63, 3.8) is 0 Å². The first kappa shape index (κ1) is 22.9. The van der Waals surface area contributed by atoms with Crippen LogP contribution in [0.1, 0.15) is 75.1 Å². The predicted octanol–water partition coefficient (Wildman–Crippen LogP) is 5.23. The van der Waals surface area contributed by atoms with E-state index in [2.05, 4.69) is 20.8 Å². The highest BCUT2D eigenvalue weighted by Crippen LogP contribution is 2.42. The van der Waals surface area contributed by atoms with E-state index < -0.39 is 6.10 Å². The van der Waals surface area contributed by atoms with Crippen LogP contribution in [0, 0.1) is 19.3 Å². The van der Waals surface area contributed by atoms with Crippen LogP contribution in [0.3, 0.4) is 0 Å². The molecule has 0 spiro atoms. The summed E-state index contributed by atoms with van der Waals surface area (Å²) in [6.07, 6.45) is 7.48. The zero-order chi connectivity index (χ0) is 22.1. The Morgan fingerprint density at radius 2 is 1.90 bits per heavy atom. The van der Waals surface area contributed by atoms with Crippen molar-refractivity contribution in [1.82, 2.24) is 0 Å². The Kier molecular flexibility index (Phi) is 7.01. The van der Waals surface area contributed by atoms with Gasteiger partial charge in [-0.3, -0.25) is 4.79 Å². The molecule has 0 bridgehead atoms. The number of carbonyl (C=O) groups excluding carboxylic acids is 1. The zero-order valence-electron chi connectivity index (χ0n) is 18.8. The molecule has 1 aromatic heterocycles. The van der Waals surface area contributed by atoms with Crippen LogP contribution in [-0.2, 0) is 25.7 Å². The number of carbonyl (C=O) groups is 1. The second-order valence-corrected chi connectivity index (χ2v) is 10.5. The van der Waals surface area contributed by atoms with E-state index in [1.807, 2.05) is 32.1 Å². The molecule has 0 fully saturated rings. The lowest BCUT2D eigenvalue weighted by molar-refractivity contribution is 0.0953. The van der Waals surface area contributed by atoms with Gasteiger partial charge in [0, 0.05) is 11.3 Å². The first-order valence-corrected chi connectivity index (χ1v) is 11.7. The second kappa shape index (κ2) is 9.17. The first-order valence-electron chi connectivity index (χ1n) is 10.9. The Morgan fingerprint density at radius 1 is 1.23 bits per heavy atom. The number of ketones is 1. The maximum Gasteiger partial charge on any atom is 0.196 e. The van der Waals surface area contributed by atoms with E-state index in [9.17, 15) is 9.90 Å². The van der Waals surface area contributed by atoms with Crippen molar-refractivity contribution < 1.29 is 15.0 Å². The minimum Gasteiger partial charge on any atom is -0.394 e. The lowest BCUT2D eigenvalue weighted by Gasteiger charge is -2.30. The maximum atomic E-state index is 13.1. The maximum absolute atomic E-state index is 13.1. The van der Waals surface area contributed by atoms with Gasteiger partial charge in [0.05, 0.1) is 17.6 Å². The Bertz CT molecular complexity index is 942. The Morgan fingerprint density at radius 3 is 2.50 bits per heavy atom. The number of rotatable bonds is 7. The number of benzene rings is 1. The molecule has 0 saturated heterocycles. The molecule has 2 N–H and O–H groups in total. The van der Waals surface area contributed by atoms with Crippen LogP contribution in [0.25, 0.3) is 6.08 Å². The number of aryl methyl sites for hydroxylation is 3. The van der Waals surface area contributed by atoms with Crippen molar-refractivity contribution >= 4 is 23.2 Å². The minimum absolute atomic E-state index is 0.103. The molecule has 0 saturated carbocycles. The van der Waals surface area contributed by atoms with Crippen molar-refractivity contribution in [2.24, 2.45) is 5.41 Å². The molecule has 3 rings (SSSR count). The van der Waals surface area contributed by atoms with Crippen LogP contribution in [0.2, 0.25) is 0 Å².